The van der Waals surface area contributed by atoms with Gasteiger partial charge in [0.1, 0.15) is 0 Å². The minimum absolute atomic E-state index is 0.408. The number of hydrogen-bond donors (Lipinski definition) is 2. The first-order valence-electron chi connectivity index (χ1n) is 7.81. The van der Waals surface area contributed by atoms with Crippen molar-refractivity contribution in [3.05, 3.63) is 71.0 Å². The summed E-state index contributed by atoms with van der Waals surface area (Å²) < 4.78 is 0. The number of amides is 1. The van der Waals surface area contributed by atoms with Crippen molar-refractivity contribution in [3.63, 3.8) is 0 Å². The van der Waals surface area contributed by atoms with Crippen molar-refractivity contribution in [2.75, 3.05) is 5.73 Å². The number of anilines is 1. The highest BCUT2D eigenvalue weighted by Gasteiger charge is 2.24. The number of hydrogen-bond acceptors (Lipinski definition) is 3. The highest BCUT2D eigenvalue weighted by Crippen LogP contribution is 2.41. The molecular weight excluding hydrogens is 298 g/mol. The van der Waals surface area contributed by atoms with Gasteiger partial charge in [-0.15, -0.1) is 0 Å². The van der Waals surface area contributed by atoms with Gasteiger partial charge in [0, 0.05) is 28.7 Å². The number of primary amides is 1. The predicted octanol–water partition coefficient (Wildman–Crippen LogP) is 3.31. The second kappa shape index (κ2) is 5.20. The summed E-state index contributed by atoms with van der Waals surface area (Å²) in [7, 11) is 0. The molecule has 118 valence electrons. The van der Waals surface area contributed by atoms with Crippen LogP contribution in [0.2, 0.25) is 0 Å². The SMILES string of the molecule is Cc1ccc(-c2cc(C(N)=O)c3c(c2)-c2ccc(N)cc2C3)cn1. The molecule has 1 aromatic heterocycles. The first-order valence-corrected chi connectivity index (χ1v) is 7.81. The van der Waals surface area contributed by atoms with Crippen molar-refractivity contribution in [3.8, 4) is 22.3 Å². The molecule has 0 radical (unpaired) electrons. The fourth-order valence-corrected chi connectivity index (χ4v) is 3.34. The molecule has 0 fully saturated rings. The Morgan fingerprint density at radius 2 is 1.88 bits per heavy atom. The number of carbonyl (C=O) groups excluding carboxylic acids is 1. The van der Waals surface area contributed by atoms with E-state index in [-0.39, 0.29) is 0 Å². The number of benzene rings is 2. The smallest absolute Gasteiger partial charge is 0.249 e. The average Bonchev–Trinajstić information content (AvgIpc) is 2.91. The lowest BCUT2D eigenvalue weighted by atomic mass is 9.94. The summed E-state index contributed by atoms with van der Waals surface area (Å²) >= 11 is 0. The normalized spacial score (nSPS) is 11.9. The fraction of sp³-hybridized carbons (Fsp3) is 0.100. The summed E-state index contributed by atoms with van der Waals surface area (Å²) in [4.78, 5) is 16.3. The Bertz CT molecular complexity index is 975. The molecule has 4 N–H and O–H groups in total. The maximum absolute atomic E-state index is 12.0. The van der Waals surface area contributed by atoms with E-state index in [4.69, 9.17) is 11.5 Å². The maximum Gasteiger partial charge on any atom is 0.249 e. The third-order valence-electron chi connectivity index (χ3n) is 4.55. The Morgan fingerprint density at radius 3 is 2.58 bits per heavy atom. The molecule has 4 nitrogen and oxygen atoms in total. The number of pyridine rings is 1. The van der Waals surface area contributed by atoms with Gasteiger partial charge in [-0.3, -0.25) is 9.78 Å². The number of nitrogen functional groups attached to an aromatic ring is 1. The second-order valence-corrected chi connectivity index (χ2v) is 6.20. The molecule has 0 unspecified atom stereocenters. The molecule has 0 spiro atoms. The zero-order valence-corrected chi connectivity index (χ0v) is 13.3. The molecule has 0 saturated heterocycles. The number of nitrogens with two attached hydrogens (primary N) is 2. The third-order valence-corrected chi connectivity index (χ3v) is 4.55. The molecular formula is C20H17N3O. The molecule has 1 heterocycles. The monoisotopic (exact) mass is 315 g/mol. The Balaban J connectivity index is 1.95. The molecule has 0 atom stereocenters. The van der Waals surface area contributed by atoms with E-state index in [0.717, 1.165) is 44.8 Å². The Morgan fingerprint density at radius 1 is 1.04 bits per heavy atom. The van der Waals surface area contributed by atoms with Gasteiger partial charge in [0.15, 0.2) is 0 Å². The number of nitrogens with zero attached hydrogens (tertiary/aromatic N) is 1. The van der Waals surface area contributed by atoms with Crippen LogP contribution in [0.3, 0.4) is 0 Å². The quantitative estimate of drug-likeness (QED) is 0.557. The summed E-state index contributed by atoms with van der Waals surface area (Å²) in [5.41, 5.74) is 20.0. The van der Waals surface area contributed by atoms with Gasteiger partial charge in [0.2, 0.25) is 5.91 Å². The number of carbonyl (C=O) groups is 1. The first-order chi connectivity index (χ1) is 11.5. The predicted molar refractivity (Wildman–Crippen MR) is 95.6 cm³/mol. The van der Waals surface area contributed by atoms with Crippen LogP contribution in [0.25, 0.3) is 22.3 Å². The first kappa shape index (κ1) is 14.5. The van der Waals surface area contributed by atoms with E-state index in [9.17, 15) is 4.79 Å². The minimum atomic E-state index is -0.408. The van der Waals surface area contributed by atoms with Crippen molar-refractivity contribution in [1.29, 1.82) is 0 Å². The van der Waals surface area contributed by atoms with Crippen molar-refractivity contribution in [1.82, 2.24) is 4.98 Å². The summed E-state index contributed by atoms with van der Waals surface area (Å²) in [6, 6.07) is 13.8. The van der Waals surface area contributed by atoms with E-state index in [1.807, 2.05) is 49.5 Å². The van der Waals surface area contributed by atoms with Crippen molar-refractivity contribution in [2.45, 2.75) is 13.3 Å². The molecule has 24 heavy (non-hydrogen) atoms. The van der Waals surface area contributed by atoms with Crippen LogP contribution in [0.15, 0.2) is 48.7 Å². The van der Waals surface area contributed by atoms with E-state index in [1.165, 1.54) is 0 Å². The Labute approximate surface area is 140 Å². The Hall–Kier alpha value is -3.14. The molecule has 1 aliphatic carbocycles. The van der Waals surface area contributed by atoms with Gasteiger partial charge in [-0.25, -0.2) is 0 Å². The van der Waals surface area contributed by atoms with Gasteiger partial charge in [0.05, 0.1) is 0 Å². The molecule has 0 saturated carbocycles. The van der Waals surface area contributed by atoms with Crippen LogP contribution in [0.1, 0.15) is 27.2 Å². The van der Waals surface area contributed by atoms with Gasteiger partial charge in [-0.2, -0.15) is 0 Å². The Kier molecular flexibility index (Phi) is 3.13. The van der Waals surface area contributed by atoms with Crippen molar-refractivity contribution < 1.29 is 4.79 Å². The van der Waals surface area contributed by atoms with Crippen LogP contribution in [0.4, 0.5) is 5.69 Å². The van der Waals surface area contributed by atoms with Gasteiger partial charge in [-0.1, -0.05) is 12.1 Å². The summed E-state index contributed by atoms with van der Waals surface area (Å²) in [6.45, 7) is 1.95. The number of aryl methyl sites for hydroxylation is 1. The van der Waals surface area contributed by atoms with E-state index >= 15 is 0 Å². The number of aromatic nitrogens is 1. The molecule has 2 aromatic carbocycles. The van der Waals surface area contributed by atoms with Crippen LogP contribution < -0.4 is 11.5 Å². The molecule has 0 aliphatic heterocycles. The molecule has 1 amide bonds. The van der Waals surface area contributed by atoms with Crippen LogP contribution >= 0.6 is 0 Å². The zero-order chi connectivity index (χ0) is 16.8. The topological polar surface area (TPSA) is 82.0 Å². The minimum Gasteiger partial charge on any atom is -0.399 e. The van der Waals surface area contributed by atoms with Gasteiger partial charge >= 0.3 is 0 Å². The molecule has 0 bridgehead atoms. The summed E-state index contributed by atoms with van der Waals surface area (Å²) in [5, 5.41) is 0. The van der Waals surface area contributed by atoms with Gasteiger partial charge in [-0.05, 0) is 71.5 Å². The van der Waals surface area contributed by atoms with Crippen LogP contribution in [-0.4, -0.2) is 10.9 Å². The summed E-state index contributed by atoms with van der Waals surface area (Å²) in [6.07, 6.45) is 2.50. The van der Waals surface area contributed by atoms with E-state index in [2.05, 4.69) is 11.1 Å². The fourth-order valence-electron chi connectivity index (χ4n) is 3.34. The van der Waals surface area contributed by atoms with Crippen LogP contribution in [0, 0.1) is 6.92 Å². The lowest BCUT2D eigenvalue weighted by molar-refractivity contribution is 0.0999. The molecule has 4 heteroatoms. The van der Waals surface area contributed by atoms with Gasteiger partial charge < -0.3 is 11.5 Å². The largest absolute Gasteiger partial charge is 0.399 e. The summed E-state index contributed by atoms with van der Waals surface area (Å²) in [5.74, 6) is -0.408. The van der Waals surface area contributed by atoms with E-state index < -0.39 is 5.91 Å². The molecule has 1 aliphatic rings. The zero-order valence-electron chi connectivity index (χ0n) is 13.3. The maximum atomic E-state index is 12.0. The molecule has 4 rings (SSSR count). The van der Waals surface area contributed by atoms with Crippen molar-refractivity contribution >= 4 is 11.6 Å². The highest BCUT2D eigenvalue weighted by atomic mass is 16.1. The number of rotatable bonds is 2. The lowest BCUT2D eigenvalue weighted by Crippen LogP contribution is -2.13. The standard InChI is InChI=1S/C20H17N3O/c1-11-2-3-12(10-23-11)13-7-17-16-5-4-15(21)6-14(16)9-18(17)19(8-13)20(22)24/h2-8,10H,9,21H2,1H3,(H2,22,24). The second-order valence-electron chi connectivity index (χ2n) is 6.20. The average molecular weight is 315 g/mol. The highest BCUT2D eigenvalue weighted by molar-refractivity contribution is 6.00. The van der Waals surface area contributed by atoms with E-state index in [0.29, 0.717) is 12.0 Å². The van der Waals surface area contributed by atoms with E-state index in [1.54, 1.807) is 0 Å². The van der Waals surface area contributed by atoms with Crippen LogP contribution in [0.5, 0.6) is 0 Å². The number of fused-ring (bicyclic) bond motifs is 3. The van der Waals surface area contributed by atoms with Crippen LogP contribution in [-0.2, 0) is 6.42 Å². The molecule has 3 aromatic rings. The third kappa shape index (κ3) is 2.24. The van der Waals surface area contributed by atoms with Gasteiger partial charge in [0.25, 0.3) is 0 Å². The van der Waals surface area contributed by atoms with Crippen molar-refractivity contribution in [2.24, 2.45) is 5.73 Å². The lowest BCUT2D eigenvalue weighted by Gasteiger charge is -2.10.